The highest BCUT2D eigenvalue weighted by Crippen LogP contribution is 2.30. The Hall–Kier alpha value is -3.58. The van der Waals surface area contributed by atoms with Crippen molar-refractivity contribution >= 4 is 17.8 Å². The smallest absolute Gasteiger partial charge is 0.261 e. The topological polar surface area (TPSA) is 60.4 Å². The van der Waals surface area contributed by atoms with E-state index in [1.807, 2.05) is 36.1 Å². The zero-order valence-corrected chi connectivity index (χ0v) is 23.9. The van der Waals surface area contributed by atoms with E-state index in [1.54, 1.807) is 6.21 Å². The first-order chi connectivity index (χ1) is 18.9. The molecule has 0 radical (unpaired) electrons. The van der Waals surface area contributed by atoms with Crippen molar-refractivity contribution in [3.63, 3.8) is 0 Å². The Morgan fingerprint density at radius 1 is 1.15 bits per heavy atom. The molecule has 2 heterocycles. The highest BCUT2D eigenvalue weighted by molar-refractivity contribution is 6.19. The van der Waals surface area contributed by atoms with Gasteiger partial charge in [-0.3, -0.25) is 9.69 Å². The number of nitrogens with one attached hydrogen (secondary N) is 1. The number of amides is 1. The van der Waals surface area contributed by atoms with E-state index in [-0.39, 0.29) is 17.9 Å². The molecule has 2 atom stereocenters. The average Bonchev–Trinajstić information content (AvgIpc) is 3.32. The summed E-state index contributed by atoms with van der Waals surface area (Å²) in [5.74, 6) is 1.53. The lowest BCUT2D eigenvalue weighted by molar-refractivity contribution is -0.114. The SMILES string of the molecule is C=C(/N=C\C1=C(C(C)CC)N(C)CCN(c2cccc(OC3CCN(Cc4ccccc4)C3)c2)C1=O)NCC. The molecule has 2 unspecified atom stereocenters. The maximum Gasteiger partial charge on any atom is 0.261 e. The summed E-state index contributed by atoms with van der Waals surface area (Å²) in [6, 6.07) is 18.5. The molecule has 7 heteroatoms. The van der Waals surface area contributed by atoms with Crippen molar-refractivity contribution in [2.24, 2.45) is 10.9 Å². The molecule has 1 fully saturated rings. The van der Waals surface area contributed by atoms with E-state index < -0.39 is 0 Å². The minimum Gasteiger partial charge on any atom is -0.489 e. The van der Waals surface area contributed by atoms with E-state index in [1.165, 1.54) is 5.56 Å². The highest BCUT2D eigenvalue weighted by atomic mass is 16.5. The Kier molecular flexibility index (Phi) is 9.82. The normalized spacial score (nSPS) is 19.5. The summed E-state index contributed by atoms with van der Waals surface area (Å²) in [5.41, 5.74) is 3.80. The van der Waals surface area contributed by atoms with Gasteiger partial charge < -0.3 is 19.9 Å². The Morgan fingerprint density at radius 3 is 2.69 bits per heavy atom. The quantitative estimate of drug-likeness (QED) is 0.412. The van der Waals surface area contributed by atoms with Crippen molar-refractivity contribution < 1.29 is 9.53 Å². The number of hydrogen-bond donors (Lipinski definition) is 1. The number of nitrogens with zero attached hydrogens (tertiary/aromatic N) is 4. The number of likely N-dealkylation sites (N-methyl/N-ethyl adjacent to an activating group) is 1. The van der Waals surface area contributed by atoms with Gasteiger partial charge in [0.1, 0.15) is 17.7 Å². The molecule has 2 aliphatic rings. The van der Waals surface area contributed by atoms with Gasteiger partial charge in [0.25, 0.3) is 5.91 Å². The van der Waals surface area contributed by atoms with E-state index in [0.29, 0.717) is 17.9 Å². The van der Waals surface area contributed by atoms with Crippen LogP contribution in [0.25, 0.3) is 0 Å². The molecular weight excluding hydrogens is 486 g/mol. The largest absolute Gasteiger partial charge is 0.489 e. The van der Waals surface area contributed by atoms with Gasteiger partial charge in [0.15, 0.2) is 0 Å². The fourth-order valence-corrected chi connectivity index (χ4v) is 5.32. The van der Waals surface area contributed by atoms with Gasteiger partial charge in [-0.05, 0) is 43.4 Å². The molecule has 1 saturated heterocycles. The molecule has 1 N–H and O–H groups in total. The summed E-state index contributed by atoms with van der Waals surface area (Å²) in [7, 11) is 2.06. The van der Waals surface area contributed by atoms with Crippen LogP contribution in [0.5, 0.6) is 5.75 Å². The van der Waals surface area contributed by atoms with Gasteiger partial charge in [0, 0.05) is 70.0 Å². The van der Waals surface area contributed by atoms with Crippen LogP contribution < -0.4 is 15.0 Å². The monoisotopic (exact) mass is 529 g/mol. The second-order valence-corrected chi connectivity index (χ2v) is 10.5. The first kappa shape index (κ1) is 28.4. The van der Waals surface area contributed by atoms with Crippen LogP contribution in [0.2, 0.25) is 0 Å². The number of hydrogen-bond acceptors (Lipinski definition) is 6. The number of allylic oxidation sites excluding steroid dienone is 1. The van der Waals surface area contributed by atoms with Gasteiger partial charge in [-0.15, -0.1) is 0 Å². The number of anilines is 1. The number of carbonyl (C=O) groups excluding carboxylic acids is 1. The second-order valence-electron chi connectivity index (χ2n) is 10.5. The van der Waals surface area contributed by atoms with Crippen LogP contribution in [0.3, 0.4) is 0 Å². The van der Waals surface area contributed by atoms with Gasteiger partial charge in [-0.1, -0.05) is 56.8 Å². The summed E-state index contributed by atoms with van der Waals surface area (Å²) >= 11 is 0. The number of ether oxygens (including phenoxy) is 1. The maximum atomic E-state index is 14.0. The van der Waals surface area contributed by atoms with Gasteiger partial charge in [0.05, 0.1) is 5.57 Å². The van der Waals surface area contributed by atoms with Crippen molar-refractivity contribution in [3.8, 4) is 5.75 Å². The van der Waals surface area contributed by atoms with Gasteiger partial charge in [0.2, 0.25) is 0 Å². The minimum atomic E-state index is -0.0465. The minimum absolute atomic E-state index is 0.0465. The molecule has 0 bridgehead atoms. The van der Waals surface area contributed by atoms with Crippen LogP contribution in [-0.2, 0) is 11.3 Å². The Bertz CT molecular complexity index is 1190. The first-order valence-corrected chi connectivity index (χ1v) is 14.2. The van der Waals surface area contributed by atoms with Crippen molar-refractivity contribution in [1.82, 2.24) is 15.1 Å². The summed E-state index contributed by atoms with van der Waals surface area (Å²) < 4.78 is 6.42. The van der Waals surface area contributed by atoms with Gasteiger partial charge >= 0.3 is 0 Å². The Balaban J connectivity index is 1.51. The number of benzene rings is 2. The Morgan fingerprint density at radius 2 is 1.95 bits per heavy atom. The number of likely N-dealkylation sites (tertiary alicyclic amines) is 1. The lowest BCUT2D eigenvalue weighted by Gasteiger charge is -2.26. The van der Waals surface area contributed by atoms with E-state index in [4.69, 9.17) is 4.74 Å². The summed E-state index contributed by atoms with van der Waals surface area (Å²) in [6.07, 6.45) is 3.74. The fourth-order valence-electron chi connectivity index (χ4n) is 5.32. The second kappa shape index (κ2) is 13.5. The molecule has 2 aromatic carbocycles. The van der Waals surface area contributed by atoms with E-state index in [2.05, 4.69) is 77.9 Å². The van der Waals surface area contributed by atoms with Gasteiger partial charge in [-0.25, -0.2) is 4.99 Å². The molecular formula is C32H43N5O2. The predicted molar refractivity (Wildman–Crippen MR) is 160 cm³/mol. The summed E-state index contributed by atoms with van der Waals surface area (Å²) in [6.45, 7) is 15.2. The van der Waals surface area contributed by atoms with E-state index in [0.717, 1.165) is 62.7 Å². The van der Waals surface area contributed by atoms with Crippen LogP contribution >= 0.6 is 0 Å². The van der Waals surface area contributed by atoms with E-state index >= 15 is 0 Å². The summed E-state index contributed by atoms with van der Waals surface area (Å²) in [5, 5.41) is 3.11. The highest BCUT2D eigenvalue weighted by Gasteiger charge is 2.30. The Labute approximate surface area is 233 Å². The van der Waals surface area contributed by atoms with Crippen molar-refractivity contribution in [1.29, 1.82) is 0 Å². The molecule has 4 rings (SSSR count). The van der Waals surface area contributed by atoms with Gasteiger partial charge in [-0.2, -0.15) is 0 Å². The molecule has 2 aliphatic heterocycles. The van der Waals surface area contributed by atoms with Crippen LogP contribution in [0.4, 0.5) is 5.69 Å². The third-order valence-corrected chi connectivity index (χ3v) is 7.54. The van der Waals surface area contributed by atoms with E-state index in [9.17, 15) is 4.79 Å². The van der Waals surface area contributed by atoms with Crippen LogP contribution in [0, 0.1) is 5.92 Å². The maximum absolute atomic E-state index is 14.0. The molecule has 0 aromatic heterocycles. The molecule has 208 valence electrons. The molecule has 0 aliphatic carbocycles. The first-order valence-electron chi connectivity index (χ1n) is 14.2. The zero-order chi connectivity index (χ0) is 27.8. The van der Waals surface area contributed by atoms with Crippen LogP contribution in [-0.4, -0.2) is 67.8 Å². The molecule has 7 nitrogen and oxygen atoms in total. The van der Waals surface area contributed by atoms with Crippen molar-refractivity contribution in [3.05, 3.63) is 83.8 Å². The predicted octanol–water partition coefficient (Wildman–Crippen LogP) is 5.07. The number of carbonyl (C=O) groups is 1. The molecule has 1 amide bonds. The standard InChI is InChI=1S/C32H43N5O2/c1-6-24(3)31-30(21-34-25(4)33-7-2)32(38)37(19-18-35(31)5)27-14-11-15-28(20-27)39-29-16-17-36(23-29)22-26-12-9-8-10-13-26/h8-15,20-21,24,29,33H,4,6-7,16-19,22-23H2,1-3,5H3/b34-21-. The van der Waals surface area contributed by atoms with Crippen LogP contribution in [0.15, 0.2) is 83.3 Å². The van der Waals surface area contributed by atoms with Crippen molar-refractivity contribution in [2.75, 3.05) is 44.7 Å². The number of aliphatic imine (C=N–C) groups is 1. The fraction of sp³-hybridized carbons (Fsp3) is 0.438. The molecule has 2 aromatic rings. The lowest BCUT2D eigenvalue weighted by Crippen LogP contribution is -2.34. The van der Waals surface area contributed by atoms with Crippen LogP contribution in [0.1, 0.15) is 39.2 Å². The molecule has 39 heavy (non-hydrogen) atoms. The van der Waals surface area contributed by atoms with Crippen molar-refractivity contribution in [2.45, 2.75) is 46.3 Å². The number of rotatable bonds is 11. The third kappa shape index (κ3) is 7.30. The third-order valence-electron chi connectivity index (χ3n) is 7.54. The lowest BCUT2D eigenvalue weighted by atomic mass is 9.98. The zero-order valence-electron chi connectivity index (χ0n) is 23.9. The summed E-state index contributed by atoms with van der Waals surface area (Å²) in [4.78, 5) is 25.0. The molecule has 0 saturated carbocycles. The average molecular weight is 530 g/mol. The molecule has 0 spiro atoms.